The minimum Gasteiger partial charge on any atom is -0.455 e. The average Bonchev–Trinajstić information content (AvgIpc) is 2.69. The van der Waals surface area contributed by atoms with Gasteiger partial charge in [-0.1, -0.05) is 172 Å². The van der Waals surface area contributed by atoms with E-state index in [1.807, 2.05) is 11.3 Å². The van der Waals surface area contributed by atoms with Crippen LogP contribution in [-0.2, 0) is 21.7 Å². The Morgan fingerprint density at radius 2 is 1.19 bits per heavy atom. The fourth-order valence-electron chi connectivity index (χ4n) is 14.6. The molecular formula is C77H65BN3OS. The number of furan rings is 1. The van der Waals surface area contributed by atoms with Crippen LogP contribution in [0, 0.1) is 0 Å². The Labute approximate surface area is 491 Å². The normalized spacial score (nSPS) is 15.3. The van der Waals surface area contributed by atoms with Gasteiger partial charge in [-0.25, -0.2) is 0 Å². The van der Waals surface area contributed by atoms with Crippen LogP contribution in [0.5, 0.6) is 0 Å². The summed E-state index contributed by atoms with van der Waals surface area (Å²) >= 11 is 1.91. The molecule has 0 bridgehead atoms. The Hall–Kier alpha value is -8.58. The first-order valence-electron chi connectivity index (χ1n) is 29.6. The fourth-order valence-corrected chi connectivity index (χ4v) is 15.7. The summed E-state index contributed by atoms with van der Waals surface area (Å²) < 4.78 is 12.7. The Morgan fingerprint density at radius 3 is 1.89 bits per heavy atom. The zero-order valence-corrected chi connectivity index (χ0v) is 49.6. The van der Waals surface area contributed by atoms with Crippen molar-refractivity contribution in [1.82, 2.24) is 4.57 Å². The topological polar surface area (TPSA) is 33.3 Å². The Balaban J connectivity index is 1.02. The molecule has 1 aliphatic heterocycles. The van der Waals surface area contributed by atoms with E-state index in [1.54, 1.807) is 0 Å². The molecule has 0 atom stereocenters. The van der Waals surface area contributed by atoms with E-state index in [0.29, 0.717) is 0 Å². The summed E-state index contributed by atoms with van der Waals surface area (Å²) in [6.45, 7) is 21.5. The summed E-state index contributed by atoms with van der Waals surface area (Å²) in [5.74, 6) is 0. The van der Waals surface area contributed by atoms with E-state index in [1.165, 1.54) is 103 Å². The second kappa shape index (κ2) is 17.7. The third-order valence-electron chi connectivity index (χ3n) is 19.2. The minimum atomic E-state index is -0.343. The van der Waals surface area contributed by atoms with Crippen molar-refractivity contribution in [2.75, 3.05) is 10.2 Å². The molecule has 83 heavy (non-hydrogen) atoms. The molecule has 4 nitrogen and oxygen atoms in total. The molecule has 4 heterocycles. The molecule has 3 aliphatic rings. The lowest BCUT2D eigenvalue weighted by Gasteiger charge is -2.42. The first-order chi connectivity index (χ1) is 40.0. The Kier molecular flexibility index (Phi) is 10.7. The predicted molar refractivity (Wildman–Crippen MR) is 355 cm³/mol. The molecule has 0 saturated heterocycles. The molecule has 10 aromatic carbocycles. The van der Waals surface area contributed by atoms with Crippen LogP contribution < -0.4 is 20.5 Å². The van der Waals surface area contributed by atoms with Gasteiger partial charge in [-0.3, -0.25) is 0 Å². The molecule has 0 saturated carbocycles. The highest BCUT2D eigenvalue weighted by atomic mass is 32.1. The van der Waals surface area contributed by atoms with Crippen molar-refractivity contribution in [3.63, 3.8) is 0 Å². The minimum absolute atomic E-state index is 0.00154. The molecule has 0 amide bonds. The second-order valence-corrected chi connectivity index (χ2v) is 27.7. The molecule has 6 heteroatoms. The van der Waals surface area contributed by atoms with E-state index in [9.17, 15) is 0 Å². The highest BCUT2D eigenvalue weighted by Gasteiger charge is 2.42. The van der Waals surface area contributed by atoms with Crippen LogP contribution in [0.2, 0.25) is 0 Å². The highest BCUT2D eigenvalue weighted by molar-refractivity contribution is 7.29. The van der Waals surface area contributed by atoms with Crippen molar-refractivity contribution in [2.24, 2.45) is 0 Å². The largest absolute Gasteiger partial charge is 0.455 e. The van der Waals surface area contributed by atoms with Gasteiger partial charge in [0.15, 0.2) is 0 Å². The number of nitrogens with zero attached hydrogens (tertiary/aromatic N) is 2. The molecule has 1 radical (unpaired) electrons. The van der Waals surface area contributed by atoms with Gasteiger partial charge in [0.25, 0.3) is 0 Å². The number of aromatic nitrogens is 1. The number of para-hydroxylation sites is 3. The lowest BCUT2D eigenvalue weighted by Crippen LogP contribution is -2.35. The molecule has 13 aromatic rings. The summed E-state index contributed by atoms with van der Waals surface area (Å²) in [5.41, 5.74) is 26.0. The van der Waals surface area contributed by atoms with Crippen LogP contribution >= 0.6 is 11.3 Å². The van der Waals surface area contributed by atoms with Gasteiger partial charge in [0.2, 0.25) is 7.28 Å². The van der Waals surface area contributed by atoms with E-state index >= 15 is 0 Å². The van der Waals surface area contributed by atoms with E-state index < -0.39 is 0 Å². The van der Waals surface area contributed by atoms with Gasteiger partial charge < -0.3 is 19.2 Å². The summed E-state index contributed by atoms with van der Waals surface area (Å²) in [7, 11) is 2.55. The van der Waals surface area contributed by atoms with Crippen molar-refractivity contribution in [3.05, 3.63) is 228 Å². The number of anilines is 5. The van der Waals surface area contributed by atoms with Crippen LogP contribution in [0.1, 0.15) is 103 Å². The van der Waals surface area contributed by atoms with Crippen molar-refractivity contribution in [2.45, 2.75) is 96.8 Å². The summed E-state index contributed by atoms with van der Waals surface area (Å²) in [5, 5.41) is 10.1. The van der Waals surface area contributed by atoms with E-state index in [4.69, 9.17) is 4.42 Å². The molecule has 0 unspecified atom stereocenters. The van der Waals surface area contributed by atoms with E-state index in [0.717, 1.165) is 68.8 Å². The third-order valence-corrected chi connectivity index (χ3v) is 20.3. The number of fused-ring (bicyclic) bond motifs is 15. The number of thiophene rings is 1. The van der Waals surface area contributed by atoms with Gasteiger partial charge >= 0.3 is 0 Å². The average molecular weight is 1090 g/mol. The van der Waals surface area contributed by atoms with Gasteiger partial charge in [0, 0.05) is 65.7 Å². The van der Waals surface area contributed by atoms with Crippen molar-refractivity contribution >= 4 is 111 Å². The van der Waals surface area contributed by atoms with Crippen molar-refractivity contribution in [1.29, 1.82) is 0 Å². The van der Waals surface area contributed by atoms with Crippen LogP contribution in [0.25, 0.3) is 92.9 Å². The number of hydrogen-bond acceptors (Lipinski definition) is 4. The lowest BCUT2D eigenvalue weighted by molar-refractivity contribution is 0.332. The zero-order valence-electron chi connectivity index (χ0n) is 48.8. The molecule has 403 valence electrons. The quantitative estimate of drug-likeness (QED) is 0.162. The summed E-state index contributed by atoms with van der Waals surface area (Å²) in [6.07, 6.45) is 2.27. The molecule has 3 aromatic heterocycles. The van der Waals surface area contributed by atoms with Gasteiger partial charge in [-0.15, -0.1) is 11.3 Å². The molecular weight excluding hydrogens is 1030 g/mol. The first kappa shape index (κ1) is 50.2. The maximum absolute atomic E-state index is 7.49. The third kappa shape index (κ3) is 7.50. The lowest BCUT2D eigenvalue weighted by atomic mass is 9.62. The SMILES string of the molecule is CC(C)(C)c1ccc(Nc2cc3c(cc2-c2c4c5c(c6cc7c(cc6n5-c5c(sc6ccc(-c8ccccc8)cc56)[B]4)C(C)(C)CCC7(C)C)c4oc5ccccc5c24)-c2ccc(N(c4ccccc4)c4ccccc4)cc2C3(C)C)cc1. The van der Waals surface area contributed by atoms with Gasteiger partial charge in [0.1, 0.15) is 11.2 Å². The van der Waals surface area contributed by atoms with Gasteiger partial charge in [-0.2, -0.15) is 0 Å². The number of hydrogen-bond donors (Lipinski definition) is 1. The monoisotopic (exact) mass is 1090 g/mol. The maximum Gasteiger partial charge on any atom is 0.211 e. The molecule has 2 aliphatic carbocycles. The van der Waals surface area contributed by atoms with Crippen molar-refractivity contribution in [3.8, 4) is 39.1 Å². The first-order valence-corrected chi connectivity index (χ1v) is 30.4. The highest BCUT2D eigenvalue weighted by Crippen LogP contribution is 2.56. The fraction of sp³-hybridized carbons (Fsp3) is 0.195. The molecule has 0 spiro atoms. The van der Waals surface area contributed by atoms with Crippen LogP contribution in [0.4, 0.5) is 28.4 Å². The summed E-state index contributed by atoms with van der Waals surface area (Å²) in [6, 6.07) is 74.7. The molecule has 16 rings (SSSR count). The Morgan fingerprint density at radius 1 is 0.542 bits per heavy atom. The summed E-state index contributed by atoms with van der Waals surface area (Å²) in [4.78, 5) is 2.39. The van der Waals surface area contributed by atoms with Crippen molar-refractivity contribution < 1.29 is 4.42 Å². The maximum atomic E-state index is 7.49. The van der Waals surface area contributed by atoms with Crippen LogP contribution in [-0.4, -0.2) is 11.8 Å². The van der Waals surface area contributed by atoms with Gasteiger partial charge in [0.05, 0.1) is 22.1 Å². The Bertz CT molecular complexity index is 4800. The molecule has 0 fully saturated rings. The number of rotatable bonds is 7. The predicted octanol–water partition coefficient (Wildman–Crippen LogP) is 20.4. The van der Waals surface area contributed by atoms with E-state index in [2.05, 4.69) is 285 Å². The smallest absolute Gasteiger partial charge is 0.211 e. The zero-order chi connectivity index (χ0) is 56.5. The number of benzene rings is 10. The second-order valence-electron chi connectivity index (χ2n) is 26.6. The standard InChI is InChI=1S/C77H65BN3OS/c1-74(2,3)47-30-32-48(33-31-47)79-62-43-59-54(52-35-34-51(40-58(52)77(59,8)9)80(49-23-15-11-16-24-49)50-25-17-12-18-26-50)41-55(62)66-67-53-27-19-20-28-64(53)82-72(67)68-56-42-60-61(76(6,7)38-37-75(60,4)5)44-63(56)81-70-57-39-46(45-21-13-10-14-22-45)29-36-65(57)83-73(70)78-69(66)71(68)81/h10-36,39-44,79H,37-38H2,1-9H3. The van der Waals surface area contributed by atoms with Crippen LogP contribution in [0.3, 0.4) is 0 Å². The molecule has 1 N–H and O–H groups in total. The van der Waals surface area contributed by atoms with Gasteiger partial charge in [-0.05, 0) is 186 Å². The van der Waals surface area contributed by atoms with Crippen LogP contribution in [0.15, 0.2) is 205 Å². The van der Waals surface area contributed by atoms with E-state index in [-0.39, 0.29) is 21.7 Å². The number of nitrogens with one attached hydrogen (secondary N) is 1.